The molecule has 0 amide bonds. The Morgan fingerprint density at radius 1 is 1.09 bits per heavy atom. The van der Waals surface area contributed by atoms with E-state index in [2.05, 4.69) is 39.6 Å². The fraction of sp³-hybridized carbons (Fsp3) is 0.115. The number of rotatable bonds is 6. The Bertz CT molecular complexity index is 1510. The zero-order valence-corrected chi connectivity index (χ0v) is 20.6. The summed E-state index contributed by atoms with van der Waals surface area (Å²) in [5, 5.41) is 14.7. The molecule has 0 saturated carbocycles. The summed E-state index contributed by atoms with van der Waals surface area (Å²) in [7, 11) is 0. The van der Waals surface area contributed by atoms with Crippen molar-refractivity contribution in [1.29, 1.82) is 0 Å². The van der Waals surface area contributed by atoms with Crippen molar-refractivity contribution in [2.24, 2.45) is 0 Å². The first-order valence-corrected chi connectivity index (χ1v) is 12.3. The van der Waals surface area contributed by atoms with E-state index in [0.29, 0.717) is 13.0 Å². The van der Waals surface area contributed by atoms with E-state index in [9.17, 15) is 14.5 Å². The first kappa shape index (κ1) is 22.4. The van der Waals surface area contributed by atoms with Gasteiger partial charge in [0, 0.05) is 57.1 Å². The Balaban J connectivity index is 1.49. The van der Waals surface area contributed by atoms with Crippen molar-refractivity contribution in [2.75, 3.05) is 0 Å². The van der Waals surface area contributed by atoms with E-state index >= 15 is 0 Å². The van der Waals surface area contributed by atoms with Gasteiger partial charge in [-0.3, -0.25) is 10.1 Å². The van der Waals surface area contributed by atoms with Gasteiger partial charge in [-0.05, 0) is 60.5 Å². The zero-order valence-electron chi connectivity index (χ0n) is 18.2. The van der Waals surface area contributed by atoms with Crippen molar-refractivity contribution < 1.29 is 9.31 Å². The van der Waals surface area contributed by atoms with E-state index < -0.39 is 4.92 Å². The first-order chi connectivity index (χ1) is 16.4. The van der Waals surface area contributed by atoms with E-state index in [-0.39, 0.29) is 11.5 Å². The number of non-ortho nitro benzene ring substituents is 1. The van der Waals surface area contributed by atoms with Crippen LogP contribution in [0.3, 0.4) is 0 Å². The number of benzene rings is 3. The maximum Gasteiger partial charge on any atom is 0.269 e. The Labute approximate surface area is 207 Å². The van der Waals surface area contributed by atoms with Gasteiger partial charge in [-0.25, -0.2) is 9.37 Å². The lowest BCUT2D eigenvalue weighted by molar-refractivity contribution is -0.384. The highest BCUT2D eigenvalue weighted by Crippen LogP contribution is 2.32. The van der Waals surface area contributed by atoms with Gasteiger partial charge in [0.25, 0.3) is 5.69 Å². The predicted molar refractivity (Wildman–Crippen MR) is 137 cm³/mol. The number of hydrogen-bond donors (Lipinski definition) is 0. The third-order valence-electron chi connectivity index (χ3n) is 5.92. The fourth-order valence-electron chi connectivity index (χ4n) is 4.15. The molecule has 0 atom stereocenters. The van der Waals surface area contributed by atoms with Crippen molar-refractivity contribution >= 4 is 43.9 Å². The van der Waals surface area contributed by atoms with Crippen LogP contribution < -0.4 is 0 Å². The van der Waals surface area contributed by atoms with Crippen molar-refractivity contribution in [2.45, 2.75) is 19.9 Å². The molecule has 5 nitrogen and oxygen atoms in total. The minimum atomic E-state index is -0.414. The summed E-state index contributed by atoms with van der Waals surface area (Å²) in [6.07, 6.45) is 0.580. The second-order valence-electron chi connectivity index (χ2n) is 8.05. The number of nitro benzene ring substituents is 1. The summed E-state index contributed by atoms with van der Waals surface area (Å²) in [5.41, 5.74) is 5.94. The summed E-state index contributed by atoms with van der Waals surface area (Å²) < 4.78 is 17.5. The maximum absolute atomic E-state index is 14.2. The monoisotopic (exact) mass is 535 g/mol. The number of aromatic nitrogens is 2. The molecule has 0 radical (unpaired) electrons. The molecule has 0 N–H and O–H groups in total. The molecule has 170 valence electrons. The lowest BCUT2D eigenvalue weighted by Gasteiger charge is -2.09. The van der Waals surface area contributed by atoms with Gasteiger partial charge in [0.2, 0.25) is 0 Å². The van der Waals surface area contributed by atoms with E-state index in [1.54, 1.807) is 18.2 Å². The number of thiazole rings is 1. The highest BCUT2D eigenvalue weighted by Gasteiger charge is 2.17. The van der Waals surface area contributed by atoms with Crippen molar-refractivity contribution in [3.63, 3.8) is 0 Å². The molecule has 0 unspecified atom stereocenters. The molecule has 8 heteroatoms. The third kappa shape index (κ3) is 4.38. The Morgan fingerprint density at radius 3 is 2.53 bits per heavy atom. The van der Waals surface area contributed by atoms with Crippen molar-refractivity contribution in [3.8, 4) is 11.3 Å². The van der Waals surface area contributed by atoms with Gasteiger partial charge in [0.1, 0.15) is 5.82 Å². The molecular weight excluding hydrogens is 517 g/mol. The van der Waals surface area contributed by atoms with E-state index in [4.69, 9.17) is 4.98 Å². The molecule has 2 aromatic heterocycles. The Hall–Kier alpha value is -3.36. The smallest absolute Gasteiger partial charge is 0.269 e. The van der Waals surface area contributed by atoms with E-state index in [1.807, 2.05) is 23.6 Å². The quantitative estimate of drug-likeness (QED) is 0.167. The zero-order chi connectivity index (χ0) is 23.8. The molecule has 0 saturated heterocycles. The van der Waals surface area contributed by atoms with Crippen LogP contribution >= 0.6 is 27.3 Å². The average Bonchev–Trinajstić information content (AvgIpc) is 3.39. The SMILES string of the molecule is Cc1c(Cc2nc(-c3ccc([N+](=O)[O-])cc3)cs2)c2cc(F)ccc2n1Cc1ccc(Br)cc1. The molecule has 3 aromatic carbocycles. The molecule has 0 aliphatic carbocycles. The van der Waals surface area contributed by atoms with E-state index in [1.165, 1.54) is 29.5 Å². The van der Waals surface area contributed by atoms with Gasteiger partial charge in [-0.2, -0.15) is 0 Å². The molecule has 0 aliphatic rings. The largest absolute Gasteiger partial charge is 0.340 e. The summed E-state index contributed by atoms with van der Waals surface area (Å²) in [6.45, 7) is 2.75. The summed E-state index contributed by atoms with van der Waals surface area (Å²) in [6, 6.07) is 19.5. The highest BCUT2D eigenvalue weighted by molar-refractivity contribution is 9.10. The second kappa shape index (κ2) is 9.12. The van der Waals surface area contributed by atoms with Gasteiger partial charge in [-0.1, -0.05) is 28.1 Å². The van der Waals surface area contributed by atoms with Crippen LogP contribution in [0.4, 0.5) is 10.1 Å². The van der Waals surface area contributed by atoms with Crippen LogP contribution in [0, 0.1) is 22.9 Å². The lowest BCUT2D eigenvalue weighted by atomic mass is 10.1. The molecule has 5 rings (SSSR count). The van der Waals surface area contributed by atoms with E-state index in [0.717, 1.165) is 48.5 Å². The minimum absolute atomic E-state index is 0.0513. The van der Waals surface area contributed by atoms with Gasteiger partial charge < -0.3 is 4.57 Å². The van der Waals surface area contributed by atoms with Crippen LogP contribution in [0.5, 0.6) is 0 Å². The third-order valence-corrected chi connectivity index (χ3v) is 7.30. The lowest BCUT2D eigenvalue weighted by Crippen LogP contribution is -2.02. The summed E-state index contributed by atoms with van der Waals surface area (Å²) in [4.78, 5) is 15.3. The van der Waals surface area contributed by atoms with Crippen LogP contribution in [-0.4, -0.2) is 14.5 Å². The molecule has 2 heterocycles. The molecule has 0 aliphatic heterocycles. The molecule has 34 heavy (non-hydrogen) atoms. The fourth-order valence-corrected chi connectivity index (χ4v) is 5.23. The number of nitro groups is 1. The standard InChI is InChI=1S/C26H19BrFN3O2S/c1-16-22(13-26-29-24(15-34-26)18-4-9-21(10-5-18)31(32)33)23-12-20(28)8-11-25(23)30(16)14-17-2-6-19(27)7-3-17/h2-12,15H,13-14H2,1H3. The highest BCUT2D eigenvalue weighted by atomic mass is 79.9. The van der Waals surface area contributed by atoms with Crippen LogP contribution in [-0.2, 0) is 13.0 Å². The molecule has 0 fully saturated rings. The first-order valence-electron chi connectivity index (χ1n) is 10.6. The Kier molecular flexibility index (Phi) is 6.02. The van der Waals surface area contributed by atoms with Gasteiger partial charge in [0.15, 0.2) is 0 Å². The van der Waals surface area contributed by atoms with Crippen LogP contribution in [0.15, 0.2) is 76.6 Å². The molecule has 0 spiro atoms. The summed E-state index contributed by atoms with van der Waals surface area (Å²) in [5.74, 6) is -0.264. The Morgan fingerprint density at radius 2 is 1.82 bits per heavy atom. The minimum Gasteiger partial charge on any atom is -0.340 e. The molecule has 5 aromatic rings. The van der Waals surface area contributed by atoms with Crippen LogP contribution in [0.1, 0.15) is 21.8 Å². The van der Waals surface area contributed by atoms with Gasteiger partial charge in [-0.15, -0.1) is 11.3 Å². The number of halogens is 2. The number of hydrogen-bond acceptors (Lipinski definition) is 4. The van der Waals surface area contributed by atoms with Gasteiger partial charge in [0.05, 0.1) is 15.6 Å². The van der Waals surface area contributed by atoms with Crippen LogP contribution in [0.2, 0.25) is 0 Å². The predicted octanol–water partition coefficient (Wildman–Crippen LogP) is 7.52. The average molecular weight is 536 g/mol. The maximum atomic E-state index is 14.2. The van der Waals surface area contributed by atoms with Crippen molar-refractivity contribution in [3.05, 3.63) is 114 Å². The van der Waals surface area contributed by atoms with Crippen LogP contribution in [0.25, 0.3) is 22.2 Å². The normalized spacial score (nSPS) is 11.3. The van der Waals surface area contributed by atoms with Gasteiger partial charge >= 0.3 is 0 Å². The molecule has 0 bridgehead atoms. The van der Waals surface area contributed by atoms with Crippen molar-refractivity contribution in [1.82, 2.24) is 9.55 Å². The summed E-state index contributed by atoms with van der Waals surface area (Å²) >= 11 is 5.01. The number of fused-ring (bicyclic) bond motifs is 1. The molecular formula is C26H19BrFN3O2S. The second-order valence-corrected chi connectivity index (χ2v) is 9.90. The number of nitrogens with zero attached hydrogens (tertiary/aromatic N) is 3. The topological polar surface area (TPSA) is 61.0 Å².